The first-order valence-electron chi connectivity index (χ1n) is 2.35. The fourth-order valence-electron chi connectivity index (χ4n) is 0.253. The van der Waals surface area contributed by atoms with Gasteiger partial charge in [0.2, 0.25) is 0 Å². The van der Waals surface area contributed by atoms with E-state index in [2.05, 4.69) is 9.10 Å². The Morgan fingerprint density at radius 1 is 1.70 bits per heavy atom. The van der Waals surface area contributed by atoms with Crippen molar-refractivity contribution in [2.75, 3.05) is 18.6 Å². The summed E-state index contributed by atoms with van der Waals surface area (Å²) in [7, 11) is -2.40. The van der Waals surface area contributed by atoms with E-state index in [1.807, 2.05) is 0 Å². The minimum absolute atomic E-state index is 0.266. The third-order valence-electron chi connectivity index (χ3n) is 0.472. The molecule has 0 aliphatic rings. The molecule has 0 heterocycles. The van der Waals surface area contributed by atoms with Crippen LogP contribution in [-0.2, 0) is 14.5 Å². The first-order valence-corrected chi connectivity index (χ1v) is 5.22. The van der Waals surface area contributed by atoms with Crippen LogP contribution in [0, 0.1) is 0 Å². The number of nitrogens with zero attached hydrogens (tertiary/aromatic N) is 1. The molecule has 6 heteroatoms. The Balaban J connectivity index is 4.16. The molecule has 0 aromatic carbocycles. The van der Waals surface area contributed by atoms with E-state index >= 15 is 0 Å². The topological polar surface area (TPSA) is 55.7 Å². The number of hydrogen-bond donors (Lipinski definition) is 0. The number of amides is 1. The van der Waals surface area contributed by atoms with Crippen molar-refractivity contribution in [2.45, 2.75) is 0 Å². The van der Waals surface area contributed by atoms with Gasteiger partial charge < -0.3 is 4.74 Å². The van der Waals surface area contributed by atoms with Crippen LogP contribution in [0.15, 0.2) is 4.36 Å². The lowest BCUT2D eigenvalue weighted by Gasteiger charge is -1.94. The van der Waals surface area contributed by atoms with Crippen LogP contribution in [0.1, 0.15) is 0 Å². The Labute approximate surface area is 64.7 Å². The van der Waals surface area contributed by atoms with E-state index in [1.165, 1.54) is 12.5 Å². The molecule has 0 atom stereocenters. The van der Waals surface area contributed by atoms with E-state index in [-0.39, 0.29) is 6.07 Å². The van der Waals surface area contributed by atoms with Crippen LogP contribution in [-0.4, -0.2) is 28.9 Å². The predicted octanol–water partition coefficient (Wildman–Crippen LogP) is 1.05. The SMILES string of the molecule is CS(C)(=O)=NC(=O)OCCl. The van der Waals surface area contributed by atoms with Gasteiger partial charge in [-0.2, -0.15) is 0 Å². The summed E-state index contributed by atoms with van der Waals surface area (Å²) in [4.78, 5) is 10.4. The quantitative estimate of drug-likeness (QED) is 0.574. The van der Waals surface area contributed by atoms with Crippen molar-refractivity contribution >= 4 is 27.4 Å². The van der Waals surface area contributed by atoms with Gasteiger partial charge in [0, 0.05) is 12.5 Å². The number of alkyl halides is 1. The summed E-state index contributed by atoms with van der Waals surface area (Å²) in [6, 6.07) is -0.266. The highest BCUT2D eigenvalue weighted by atomic mass is 35.5. The first-order chi connectivity index (χ1) is 4.45. The highest BCUT2D eigenvalue weighted by Crippen LogP contribution is 1.90. The summed E-state index contributed by atoms with van der Waals surface area (Å²) < 4.78 is 18.1. The number of carbonyl (C=O) groups excluding carboxylic acids is 1. The number of rotatable bonds is 1. The molecule has 0 fully saturated rings. The molecular weight excluding hydrogens is 178 g/mol. The zero-order chi connectivity index (χ0) is 8.20. The largest absolute Gasteiger partial charge is 0.443 e. The Morgan fingerprint density at radius 2 is 2.20 bits per heavy atom. The van der Waals surface area contributed by atoms with Crippen molar-refractivity contribution in [3.05, 3.63) is 0 Å². The van der Waals surface area contributed by atoms with Crippen molar-refractivity contribution in [3.8, 4) is 0 Å². The van der Waals surface area contributed by atoms with Crippen LogP contribution in [0.25, 0.3) is 0 Å². The van der Waals surface area contributed by atoms with Crippen molar-refractivity contribution in [2.24, 2.45) is 4.36 Å². The Hall–Kier alpha value is -0.290. The molecule has 0 N–H and O–H groups in total. The molecule has 0 bridgehead atoms. The number of ether oxygens (including phenoxy) is 1. The standard InChI is InChI=1S/C4H8ClNO3S/c1-10(2,8)6-4(7)9-3-5/h3H2,1-2H3. The van der Waals surface area contributed by atoms with Crippen molar-refractivity contribution < 1.29 is 13.7 Å². The molecule has 0 aliphatic carbocycles. The van der Waals surface area contributed by atoms with E-state index in [4.69, 9.17) is 11.6 Å². The van der Waals surface area contributed by atoms with Gasteiger partial charge in [0.1, 0.15) is 0 Å². The molecule has 0 aromatic rings. The van der Waals surface area contributed by atoms with E-state index in [0.29, 0.717) is 0 Å². The fraction of sp³-hybridized carbons (Fsp3) is 0.750. The minimum atomic E-state index is -2.40. The van der Waals surface area contributed by atoms with Crippen LogP contribution in [0.2, 0.25) is 0 Å². The minimum Gasteiger partial charge on any atom is -0.431 e. The van der Waals surface area contributed by atoms with Gasteiger partial charge in [-0.3, -0.25) is 0 Å². The third kappa shape index (κ3) is 5.84. The molecule has 0 aliphatic heterocycles. The molecular formula is C4H8ClNO3S. The maximum atomic E-state index is 10.8. The van der Waals surface area contributed by atoms with Gasteiger partial charge >= 0.3 is 6.09 Å². The van der Waals surface area contributed by atoms with Crippen LogP contribution in [0.4, 0.5) is 4.79 Å². The van der Waals surface area contributed by atoms with E-state index in [0.717, 1.165) is 0 Å². The van der Waals surface area contributed by atoms with Gasteiger partial charge in [0.25, 0.3) is 0 Å². The molecule has 0 radical (unpaired) electrons. The normalized spacial score (nSPS) is 10.7. The second-order valence-electron chi connectivity index (χ2n) is 1.79. The van der Waals surface area contributed by atoms with E-state index in [1.54, 1.807) is 0 Å². The van der Waals surface area contributed by atoms with Crippen LogP contribution in [0.3, 0.4) is 0 Å². The molecule has 1 amide bonds. The second-order valence-corrected chi connectivity index (χ2v) is 4.56. The zero-order valence-corrected chi connectivity index (χ0v) is 7.24. The molecule has 0 unspecified atom stereocenters. The molecule has 60 valence electrons. The Kier molecular flexibility index (Phi) is 3.67. The smallest absolute Gasteiger partial charge is 0.431 e. The molecule has 0 rings (SSSR count). The van der Waals surface area contributed by atoms with Gasteiger partial charge in [-0.05, 0) is 0 Å². The van der Waals surface area contributed by atoms with Crippen LogP contribution < -0.4 is 0 Å². The lowest BCUT2D eigenvalue weighted by atomic mass is 11.2. The van der Waals surface area contributed by atoms with Crippen molar-refractivity contribution in [1.82, 2.24) is 0 Å². The average molecular weight is 186 g/mol. The number of halogens is 1. The molecule has 0 spiro atoms. The third-order valence-corrected chi connectivity index (χ3v) is 1.17. The van der Waals surface area contributed by atoms with Gasteiger partial charge in [0.15, 0.2) is 6.07 Å². The highest BCUT2D eigenvalue weighted by Gasteiger charge is 1.99. The number of carbonyl (C=O) groups is 1. The summed E-state index contributed by atoms with van der Waals surface area (Å²) in [5.41, 5.74) is 0. The number of hydrogen-bond acceptors (Lipinski definition) is 3. The maximum absolute atomic E-state index is 10.8. The van der Waals surface area contributed by atoms with Gasteiger partial charge in [0.05, 0.1) is 9.73 Å². The Bertz CT molecular complexity index is 223. The molecule has 10 heavy (non-hydrogen) atoms. The molecule has 4 nitrogen and oxygen atoms in total. The lowest BCUT2D eigenvalue weighted by molar-refractivity contribution is 0.176. The summed E-state index contributed by atoms with van der Waals surface area (Å²) in [6.07, 6.45) is 1.79. The van der Waals surface area contributed by atoms with Crippen molar-refractivity contribution in [3.63, 3.8) is 0 Å². The summed E-state index contributed by atoms with van der Waals surface area (Å²) in [5.74, 6) is 0. The average Bonchev–Trinajstić information content (AvgIpc) is 1.59. The van der Waals surface area contributed by atoms with Gasteiger partial charge in [-0.1, -0.05) is 11.6 Å². The van der Waals surface area contributed by atoms with Gasteiger partial charge in [-0.25, -0.2) is 9.00 Å². The monoisotopic (exact) mass is 185 g/mol. The molecule has 0 saturated carbocycles. The summed E-state index contributed by atoms with van der Waals surface area (Å²) in [5, 5.41) is 0. The van der Waals surface area contributed by atoms with Crippen molar-refractivity contribution in [1.29, 1.82) is 0 Å². The van der Waals surface area contributed by atoms with Crippen LogP contribution >= 0.6 is 11.6 Å². The first kappa shape index (κ1) is 9.71. The lowest BCUT2D eigenvalue weighted by Crippen LogP contribution is -2.01. The van der Waals surface area contributed by atoms with E-state index in [9.17, 15) is 9.00 Å². The summed E-state index contributed by atoms with van der Waals surface area (Å²) in [6.45, 7) is 0. The predicted molar refractivity (Wildman–Crippen MR) is 39.6 cm³/mol. The van der Waals surface area contributed by atoms with Gasteiger partial charge in [-0.15, -0.1) is 4.36 Å². The highest BCUT2D eigenvalue weighted by molar-refractivity contribution is 7.92. The van der Waals surface area contributed by atoms with E-state index < -0.39 is 15.8 Å². The fourth-order valence-corrected chi connectivity index (χ4v) is 0.758. The Morgan fingerprint density at radius 3 is 2.50 bits per heavy atom. The zero-order valence-electron chi connectivity index (χ0n) is 5.67. The summed E-state index contributed by atoms with van der Waals surface area (Å²) >= 11 is 5.03. The molecule has 0 saturated heterocycles. The maximum Gasteiger partial charge on any atom is 0.443 e. The van der Waals surface area contributed by atoms with Crippen LogP contribution in [0.5, 0.6) is 0 Å². The molecule has 0 aromatic heterocycles. The second kappa shape index (κ2) is 3.78.